The van der Waals surface area contributed by atoms with Crippen LogP contribution in [-0.2, 0) is 0 Å². The molecule has 0 aliphatic heterocycles. The van der Waals surface area contributed by atoms with E-state index in [1.165, 1.54) is 18.9 Å². The minimum absolute atomic E-state index is 0.161. The number of hydrogen-bond donors (Lipinski definition) is 2. The highest BCUT2D eigenvalue weighted by molar-refractivity contribution is 5.34. The van der Waals surface area contributed by atoms with Gasteiger partial charge in [0.25, 0.3) is 5.56 Å². The fraction of sp³-hybridized carbons (Fsp3) is 0.429. The van der Waals surface area contributed by atoms with E-state index < -0.39 is 0 Å². The van der Waals surface area contributed by atoms with E-state index in [-0.39, 0.29) is 5.56 Å². The van der Waals surface area contributed by atoms with Crippen molar-refractivity contribution in [3.05, 3.63) is 22.5 Å². The number of anilines is 1. The number of hydrogen-bond acceptors (Lipinski definition) is 3. The summed E-state index contributed by atoms with van der Waals surface area (Å²) in [4.78, 5) is 10.6. The Kier molecular flexibility index (Phi) is 1.38. The van der Waals surface area contributed by atoms with Crippen molar-refractivity contribution in [3.63, 3.8) is 0 Å². The van der Waals surface area contributed by atoms with Crippen LogP contribution < -0.4 is 10.9 Å². The van der Waals surface area contributed by atoms with Crippen LogP contribution in [0.1, 0.15) is 12.8 Å². The highest BCUT2D eigenvalue weighted by Crippen LogP contribution is 2.22. The molecule has 0 bridgehead atoms. The molecule has 1 fully saturated rings. The van der Waals surface area contributed by atoms with Crippen LogP contribution in [0.25, 0.3) is 0 Å². The minimum Gasteiger partial charge on any atom is -0.366 e. The number of aromatic nitrogens is 2. The predicted molar refractivity (Wildman–Crippen MR) is 41.5 cm³/mol. The Bertz CT molecular complexity index is 282. The van der Waals surface area contributed by atoms with Crippen molar-refractivity contribution in [3.8, 4) is 0 Å². The smallest absolute Gasteiger partial charge is 0.264 e. The Morgan fingerprint density at radius 1 is 1.55 bits per heavy atom. The second-order valence-corrected chi connectivity index (χ2v) is 2.73. The average Bonchev–Trinajstić information content (AvgIpc) is 2.78. The molecule has 1 aliphatic rings. The van der Waals surface area contributed by atoms with Crippen LogP contribution in [0.2, 0.25) is 0 Å². The van der Waals surface area contributed by atoms with Crippen LogP contribution in [0, 0.1) is 0 Å². The van der Waals surface area contributed by atoms with Crippen molar-refractivity contribution >= 4 is 5.82 Å². The zero-order valence-electron chi connectivity index (χ0n) is 6.00. The Morgan fingerprint density at radius 3 is 2.91 bits per heavy atom. The molecule has 1 aromatic heterocycles. The van der Waals surface area contributed by atoms with Crippen LogP contribution in [0.3, 0.4) is 0 Å². The third kappa shape index (κ3) is 1.58. The molecule has 2 N–H and O–H groups in total. The van der Waals surface area contributed by atoms with E-state index in [2.05, 4.69) is 15.5 Å². The standard InChI is InChI=1S/C7H9N3O/c11-7-4-3-6(9-10-7)8-5-1-2-5/h3-5H,1-2H2,(H,8,9)(H,10,11). The van der Waals surface area contributed by atoms with Crippen molar-refractivity contribution in [2.75, 3.05) is 5.32 Å². The molecule has 0 spiro atoms. The maximum absolute atomic E-state index is 10.6. The SMILES string of the molecule is O=c1ccc(NC2CC2)n[nH]1. The van der Waals surface area contributed by atoms with Crippen molar-refractivity contribution in [1.82, 2.24) is 10.2 Å². The summed E-state index contributed by atoms with van der Waals surface area (Å²) in [6.07, 6.45) is 2.42. The van der Waals surface area contributed by atoms with Gasteiger partial charge in [0, 0.05) is 12.1 Å². The summed E-state index contributed by atoms with van der Waals surface area (Å²) in [6, 6.07) is 3.74. The zero-order valence-corrected chi connectivity index (χ0v) is 6.00. The third-order valence-corrected chi connectivity index (χ3v) is 1.61. The van der Waals surface area contributed by atoms with Gasteiger partial charge < -0.3 is 5.32 Å². The van der Waals surface area contributed by atoms with Gasteiger partial charge in [0.15, 0.2) is 0 Å². The van der Waals surface area contributed by atoms with E-state index in [9.17, 15) is 4.79 Å². The van der Waals surface area contributed by atoms with Crippen molar-refractivity contribution in [2.45, 2.75) is 18.9 Å². The molecule has 2 rings (SSSR count). The average molecular weight is 151 g/mol. The Morgan fingerprint density at radius 2 is 2.36 bits per heavy atom. The van der Waals surface area contributed by atoms with E-state index in [0.717, 1.165) is 5.82 Å². The first-order chi connectivity index (χ1) is 5.34. The molecule has 0 unspecified atom stereocenters. The summed E-state index contributed by atoms with van der Waals surface area (Å²) in [7, 11) is 0. The number of aromatic amines is 1. The zero-order chi connectivity index (χ0) is 7.68. The number of rotatable bonds is 2. The van der Waals surface area contributed by atoms with Crippen LogP contribution in [0.15, 0.2) is 16.9 Å². The lowest BCUT2D eigenvalue weighted by molar-refractivity contribution is 0.968. The lowest BCUT2D eigenvalue weighted by Gasteiger charge is -1.99. The summed E-state index contributed by atoms with van der Waals surface area (Å²) < 4.78 is 0. The third-order valence-electron chi connectivity index (χ3n) is 1.61. The van der Waals surface area contributed by atoms with Gasteiger partial charge >= 0.3 is 0 Å². The largest absolute Gasteiger partial charge is 0.366 e. The number of nitrogens with one attached hydrogen (secondary N) is 2. The molecule has 1 heterocycles. The fourth-order valence-electron chi connectivity index (χ4n) is 0.862. The molecule has 1 aromatic rings. The van der Waals surface area contributed by atoms with Gasteiger partial charge in [0.1, 0.15) is 5.82 Å². The minimum atomic E-state index is -0.161. The van der Waals surface area contributed by atoms with Gasteiger partial charge in [-0.05, 0) is 18.9 Å². The van der Waals surface area contributed by atoms with Crippen molar-refractivity contribution < 1.29 is 0 Å². The van der Waals surface area contributed by atoms with Gasteiger partial charge in [0.05, 0.1) is 0 Å². The van der Waals surface area contributed by atoms with Crippen molar-refractivity contribution in [1.29, 1.82) is 0 Å². The molecule has 0 saturated heterocycles. The van der Waals surface area contributed by atoms with Crippen molar-refractivity contribution in [2.24, 2.45) is 0 Å². The number of nitrogens with zero attached hydrogens (tertiary/aromatic N) is 1. The van der Waals surface area contributed by atoms with Crippen LogP contribution in [-0.4, -0.2) is 16.2 Å². The first kappa shape index (κ1) is 6.39. The van der Waals surface area contributed by atoms with Gasteiger partial charge in [-0.3, -0.25) is 4.79 Å². The fourth-order valence-corrected chi connectivity index (χ4v) is 0.862. The van der Waals surface area contributed by atoms with E-state index in [0.29, 0.717) is 6.04 Å². The molecule has 58 valence electrons. The highest BCUT2D eigenvalue weighted by Gasteiger charge is 2.20. The van der Waals surface area contributed by atoms with Crippen LogP contribution >= 0.6 is 0 Å². The molecular weight excluding hydrogens is 142 g/mol. The molecule has 4 heteroatoms. The highest BCUT2D eigenvalue weighted by atomic mass is 16.1. The Balaban J connectivity index is 2.11. The second-order valence-electron chi connectivity index (χ2n) is 2.73. The van der Waals surface area contributed by atoms with E-state index >= 15 is 0 Å². The number of H-pyrrole nitrogens is 1. The Labute approximate surface area is 63.6 Å². The molecule has 11 heavy (non-hydrogen) atoms. The monoisotopic (exact) mass is 151 g/mol. The molecular formula is C7H9N3O. The molecule has 0 amide bonds. The summed E-state index contributed by atoms with van der Waals surface area (Å²) in [5.74, 6) is 0.757. The predicted octanol–water partition coefficient (Wildman–Crippen LogP) is 0.344. The van der Waals surface area contributed by atoms with Gasteiger partial charge in [0.2, 0.25) is 0 Å². The quantitative estimate of drug-likeness (QED) is 0.641. The van der Waals surface area contributed by atoms with Gasteiger partial charge in [-0.1, -0.05) is 0 Å². The lowest BCUT2D eigenvalue weighted by Crippen LogP contribution is -2.10. The first-order valence-electron chi connectivity index (χ1n) is 3.67. The summed E-state index contributed by atoms with van der Waals surface area (Å²) in [6.45, 7) is 0. The molecule has 0 atom stereocenters. The van der Waals surface area contributed by atoms with Gasteiger partial charge in [-0.15, -0.1) is 0 Å². The molecule has 0 radical (unpaired) electrons. The van der Waals surface area contributed by atoms with Crippen LogP contribution in [0.4, 0.5) is 5.82 Å². The summed E-state index contributed by atoms with van der Waals surface area (Å²) >= 11 is 0. The van der Waals surface area contributed by atoms with Gasteiger partial charge in [-0.25, -0.2) is 5.10 Å². The molecule has 1 saturated carbocycles. The maximum atomic E-state index is 10.6. The maximum Gasteiger partial charge on any atom is 0.264 e. The Hall–Kier alpha value is -1.32. The first-order valence-corrected chi connectivity index (χ1v) is 3.67. The van der Waals surface area contributed by atoms with Crippen LogP contribution in [0.5, 0.6) is 0 Å². The topological polar surface area (TPSA) is 57.8 Å². The summed E-state index contributed by atoms with van der Waals surface area (Å²) in [5, 5.41) is 9.34. The van der Waals surface area contributed by atoms with E-state index in [1.807, 2.05) is 0 Å². The molecule has 0 aromatic carbocycles. The van der Waals surface area contributed by atoms with Gasteiger partial charge in [-0.2, -0.15) is 5.10 Å². The normalized spacial score (nSPS) is 16.4. The van der Waals surface area contributed by atoms with E-state index in [4.69, 9.17) is 0 Å². The molecule has 4 nitrogen and oxygen atoms in total. The molecule has 1 aliphatic carbocycles. The van der Waals surface area contributed by atoms with E-state index in [1.54, 1.807) is 6.07 Å². The second kappa shape index (κ2) is 2.38. The summed E-state index contributed by atoms with van der Waals surface area (Å²) in [5.41, 5.74) is -0.161. The lowest BCUT2D eigenvalue weighted by atomic mass is 10.5.